The molecule has 0 spiro atoms. The van der Waals surface area contributed by atoms with Crippen molar-refractivity contribution in [1.82, 2.24) is 4.98 Å². The van der Waals surface area contributed by atoms with Crippen LogP contribution in [0.15, 0.2) is 36.4 Å². The fourth-order valence-electron chi connectivity index (χ4n) is 1.51. The van der Waals surface area contributed by atoms with Gasteiger partial charge in [0.1, 0.15) is 11.5 Å². The SMILES string of the molecule is CCOc1ccc(Oc2nc(C)ccc2N)cc1. The van der Waals surface area contributed by atoms with Crippen molar-refractivity contribution in [3.8, 4) is 17.4 Å². The van der Waals surface area contributed by atoms with E-state index in [4.69, 9.17) is 15.2 Å². The molecule has 1 aromatic heterocycles. The van der Waals surface area contributed by atoms with Gasteiger partial charge in [-0.2, -0.15) is 0 Å². The van der Waals surface area contributed by atoms with Crippen molar-refractivity contribution in [3.05, 3.63) is 42.1 Å². The summed E-state index contributed by atoms with van der Waals surface area (Å²) in [7, 11) is 0. The van der Waals surface area contributed by atoms with Crippen molar-refractivity contribution in [3.63, 3.8) is 0 Å². The molecule has 94 valence electrons. The summed E-state index contributed by atoms with van der Waals surface area (Å²) in [5.74, 6) is 1.93. The number of rotatable bonds is 4. The molecule has 0 saturated heterocycles. The number of anilines is 1. The lowest BCUT2D eigenvalue weighted by molar-refractivity contribution is 0.339. The average molecular weight is 244 g/mol. The van der Waals surface area contributed by atoms with Crippen LogP contribution in [0.25, 0.3) is 0 Å². The van der Waals surface area contributed by atoms with Gasteiger partial charge in [-0.15, -0.1) is 0 Å². The lowest BCUT2D eigenvalue weighted by atomic mass is 10.3. The van der Waals surface area contributed by atoms with Crippen LogP contribution in [0.4, 0.5) is 5.69 Å². The van der Waals surface area contributed by atoms with Crippen molar-refractivity contribution in [2.24, 2.45) is 0 Å². The molecule has 0 unspecified atom stereocenters. The number of aromatic nitrogens is 1. The maximum absolute atomic E-state index is 5.80. The van der Waals surface area contributed by atoms with E-state index in [0.717, 1.165) is 11.4 Å². The molecular formula is C14H16N2O2. The monoisotopic (exact) mass is 244 g/mol. The molecule has 0 bridgehead atoms. The van der Waals surface area contributed by atoms with Crippen molar-refractivity contribution in [2.45, 2.75) is 13.8 Å². The summed E-state index contributed by atoms with van der Waals surface area (Å²) in [6.45, 7) is 4.48. The van der Waals surface area contributed by atoms with Gasteiger partial charge in [0.2, 0.25) is 5.88 Å². The molecule has 0 fully saturated rings. The van der Waals surface area contributed by atoms with E-state index in [9.17, 15) is 0 Å². The van der Waals surface area contributed by atoms with Crippen molar-refractivity contribution in [1.29, 1.82) is 0 Å². The number of aryl methyl sites for hydroxylation is 1. The average Bonchev–Trinajstić information content (AvgIpc) is 2.37. The van der Waals surface area contributed by atoms with Crippen LogP contribution in [-0.2, 0) is 0 Å². The van der Waals surface area contributed by atoms with Gasteiger partial charge in [-0.25, -0.2) is 4.98 Å². The molecule has 0 aliphatic rings. The summed E-state index contributed by atoms with van der Waals surface area (Å²) in [5, 5.41) is 0. The minimum absolute atomic E-state index is 0.430. The Balaban J connectivity index is 2.15. The Hall–Kier alpha value is -2.23. The predicted molar refractivity (Wildman–Crippen MR) is 71.1 cm³/mol. The molecule has 1 heterocycles. The lowest BCUT2D eigenvalue weighted by Crippen LogP contribution is -1.96. The number of nitrogens with two attached hydrogens (primary N) is 1. The van der Waals surface area contributed by atoms with Crippen LogP contribution in [0.1, 0.15) is 12.6 Å². The summed E-state index contributed by atoms with van der Waals surface area (Å²) in [4.78, 5) is 4.25. The number of hydrogen-bond acceptors (Lipinski definition) is 4. The van der Waals surface area contributed by atoms with Gasteiger partial charge in [-0.3, -0.25) is 0 Å². The first-order valence-electron chi connectivity index (χ1n) is 5.83. The molecule has 2 N–H and O–H groups in total. The first kappa shape index (κ1) is 12.2. The number of nitrogens with zero attached hydrogens (tertiary/aromatic N) is 1. The number of pyridine rings is 1. The van der Waals surface area contributed by atoms with Crippen LogP contribution < -0.4 is 15.2 Å². The van der Waals surface area contributed by atoms with Gasteiger partial charge in [0.25, 0.3) is 0 Å². The van der Waals surface area contributed by atoms with E-state index >= 15 is 0 Å². The molecule has 0 aliphatic heterocycles. The third-order valence-corrected chi connectivity index (χ3v) is 2.38. The van der Waals surface area contributed by atoms with Gasteiger partial charge >= 0.3 is 0 Å². The maximum atomic E-state index is 5.80. The molecular weight excluding hydrogens is 228 g/mol. The Morgan fingerprint density at radius 1 is 1.06 bits per heavy atom. The molecule has 1 aromatic carbocycles. The molecule has 4 heteroatoms. The van der Waals surface area contributed by atoms with Gasteiger partial charge in [-0.1, -0.05) is 0 Å². The highest BCUT2D eigenvalue weighted by atomic mass is 16.5. The topological polar surface area (TPSA) is 57.4 Å². The first-order valence-corrected chi connectivity index (χ1v) is 5.83. The highest BCUT2D eigenvalue weighted by Gasteiger charge is 2.04. The third-order valence-electron chi connectivity index (χ3n) is 2.38. The van der Waals surface area contributed by atoms with E-state index < -0.39 is 0 Å². The second-order valence-electron chi connectivity index (χ2n) is 3.85. The van der Waals surface area contributed by atoms with Crippen LogP contribution in [0.3, 0.4) is 0 Å². The zero-order chi connectivity index (χ0) is 13.0. The number of nitrogen functional groups attached to an aromatic ring is 1. The van der Waals surface area contributed by atoms with Crippen LogP contribution >= 0.6 is 0 Å². The Morgan fingerprint density at radius 3 is 2.39 bits per heavy atom. The quantitative estimate of drug-likeness (QED) is 0.897. The van der Waals surface area contributed by atoms with Crippen LogP contribution in [0, 0.1) is 6.92 Å². The molecule has 2 rings (SSSR count). The van der Waals surface area contributed by atoms with Crippen LogP contribution in [-0.4, -0.2) is 11.6 Å². The van der Waals surface area contributed by atoms with E-state index in [1.807, 2.05) is 44.2 Å². The van der Waals surface area contributed by atoms with Crippen molar-refractivity contribution >= 4 is 5.69 Å². The highest BCUT2D eigenvalue weighted by molar-refractivity contribution is 5.50. The van der Waals surface area contributed by atoms with Crippen LogP contribution in [0.5, 0.6) is 17.4 Å². The Morgan fingerprint density at radius 2 is 1.72 bits per heavy atom. The highest BCUT2D eigenvalue weighted by Crippen LogP contribution is 2.26. The fraction of sp³-hybridized carbons (Fsp3) is 0.214. The zero-order valence-electron chi connectivity index (χ0n) is 10.5. The molecule has 0 radical (unpaired) electrons. The summed E-state index contributed by atoms with van der Waals surface area (Å²) >= 11 is 0. The molecule has 0 amide bonds. The second kappa shape index (κ2) is 5.40. The van der Waals surface area contributed by atoms with Gasteiger partial charge in [0, 0.05) is 5.69 Å². The van der Waals surface area contributed by atoms with E-state index in [-0.39, 0.29) is 0 Å². The van der Waals surface area contributed by atoms with Crippen LogP contribution in [0.2, 0.25) is 0 Å². The van der Waals surface area contributed by atoms with Gasteiger partial charge in [-0.05, 0) is 50.2 Å². The molecule has 0 saturated carbocycles. The summed E-state index contributed by atoms with van der Waals surface area (Å²) in [5.41, 5.74) is 7.19. The predicted octanol–water partition coefficient (Wildman–Crippen LogP) is 3.16. The Bertz CT molecular complexity index is 524. The zero-order valence-corrected chi connectivity index (χ0v) is 10.5. The number of ether oxygens (including phenoxy) is 2. The van der Waals surface area contributed by atoms with E-state index in [1.165, 1.54) is 0 Å². The van der Waals surface area contributed by atoms with E-state index in [1.54, 1.807) is 6.07 Å². The smallest absolute Gasteiger partial charge is 0.242 e. The van der Waals surface area contributed by atoms with Crippen molar-refractivity contribution < 1.29 is 9.47 Å². The normalized spacial score (nSPS) is 10.1. The second-order valence-corrected chi connectivity index (χ2v) is 3.85. The maximum Gasteiger partial charge on any atom is 0.242 e. The molecule has 0 aliphatic carbocycles. The van der Waals surface area contributed by atoms with E-state index in [0.29, 0.717) is 23.9 Å². The number of benzene rings is 1. The molecule has 2 aromatic rings. The summed E-state index contributed by atoms with van der Waals surface area (Å²) in [6.07, 6.45) is 0. The van der Waals surface area contributed by atoms with Gasteiger partial charge in [0.15, 0.2) is 0 Å². The molecule has 0 atom stereocenters. The first-order chi connectivity index (χ1) is 8.69. The van der Waals surface area contributed by atoms with Gasteiger partial charge in [0.05, 0.1) is 12.3 Å². The third kappa shape index (κ3) is 2.91. The largest absolute Gasteiger partial charge is 0.494 e. The van der Waals surface area contributed by atoms with Crippen molar-refractivity contribution in [2.75, 3.05) is 12.3 Å². The van der Waals surface area contributed by atoms with E-state index in [2.05, 4.69) is 4.98 Å². The molecule has 18 heavy (non-hydrogen) atoms. The standard InChI is InChI=1S/C14H16N2O2/c1-3-17-11-5-7-12(8-6-11)18-14-13(15)9-4-10(2)16-14/h4-9H,3,15H2,1-2H3. The fourth-order valence-corrected chi connectivity index (χ4v) is 1.51. The minimum atomic E-state index is 0.430. The lowest BCUT2D eigenvalue weighted by Gasteiger charge is -2.09. The van der Waals surface area contributed by atoms with Gasteiger partial charge < -0.3 is 15.2 Å². The Labute approximate surface area is 106 Å². The Kier molecular flexibility index (Phi) is 3.67. The minimum Gasteiger partial charge on any atom is -0.494 e. The molecule has 4 nitrogen and oxygen atoms in total. The summed E-state index contributed by atoms with van der Waals surface area (Å²) < 4.78 is 11.0. The summed E-state index contributed by atoms with van der Waals surface area (Å²) in [6, 6.07) is 11.0. The number of hydrogen-bond donors (Lipinski definition) is 1.